The summed E-state index contributed by atoms with van der Waals surface area (Å²) in [5.74, 6) is 0.706. The zero-order chi connectivity index (χ0) is 24.8. The van der Waals surface area contributed by atoms with E-state index >= 15 is 0 Å². The van der Waals surface area contributed by atoms with E-state index in [-0.39, 0.29) is 11.9 Å². The number of nitrogens with zero attached hydrogens (tertiary/aromatic N) is 1. The van der Waals surface area contributed by atoms with Crippen molar-refractivity contribution in [2.75, 3.05) is 43.8 Å². The zero-order valence-corrected chi connectivity index (χ0v) is 21.7. The first kappa shape index (κ1) is 25.4. The van der Waals surface area contributed by atoms with Crippen molar-refractivity contribution in [3.8, 4) is 5.75 Å². The van der Waals surface area contributed by atoms with Gasteiger partial charge < -0.3 is 29.8 Å². The van der Waals surface area contributed by atoms with Crippen LogP contribution in [-0.4, -0.2) is 56.9 Å². The molecule has 8 heteroatoms. The molecule has 1 saturated heterocycles. The van der Waals surface area contributed by atoms with Crippen molar-refractivity contribution in [3.05, 3.63) is 47.5 Å². The van der Waals surface area contributed by atoms with Gasteiger partial charge in [-0.25, -0.2) is 0 Å². The summed E-state index contributed by atoms with van der Waals surface area (Å²) < 4.78 is 9.16. The Labute approximate surface area is 212 Å². The van der Waals surface area contributed by atoms with Gasteiger partial charge in [0.2, 0.25) is 0 Å². The van der Waals surface area contributed by atoms with Crippen LogP contribution in [0.4, 0.5) is 11.4 Å². The number of benzene rings is 2. The quantitative estimate of drug-likeness (QED) is 0.325. The predicted molar refractivity (Wildman–Crippen MR) is 143 cm³/mol. The Morgan fingerprint density at radius 3 is 2.60 bits per heavy atom. The average Bonchev–Trinajstić information content (AvgIpc) is 2.84. The van der Waals surface area contributed by atoms with E-state index in [1.165, 1.54) is 11.9 Å². The number of rotatable bonds is 10. The minimum Gasteiger partial charge on any atom is -0.493 e. The highest BCUT2D eigenvalue weighted by Gasteiger charge is 2.41. The van der Waals surface area contributed by atoms with E-state index in [1.807, 2.05) is 50.4 Å². The Bertz CT molecular complexity index is 1050. The van der Waals surface area contributed by atoms with Gasteiger partial charge in [0.05, 0.1) is 28.2 Å². The lowest BCUT2D eigenvalue weighted by Gasteiger charge is -2.39. The standard InChI is InChI=1S/C27H36N4O3S/c1-4-34-23-8-5-6-9-24(23)35-30-20-16-21(26(33)29-19-10-14-31(3)15-11-19)25(28-2)22(17-20)27(18-32)12-7-13-27/h5-6,8-9,16-19,28,30H,4,7,10-15H2,1-3H3,(H,29,33). The molecule has 2 fully saturated rings. The maximum atomic E-state index is 13.5. The number of amides is 1. The molecule has 7 nitrogen and oxygen atoms in total. The summed E-state index contributed by atoms with van der Waals surface area (Å²) in [6.45, 7) is 4.49. The third-order valence-corrected chi connectivity index (χ3v) is 8.02. The topological polar surface area (TPSA) is 82.7 Å². The van der Waals surface area contributed by atoms with Crippen LogP contribution in [0.2, 0.25) is 0 Å². The van der Waals surface area contributed by atoms with Gasteiger partial charge in [-0.05, 0) is 94.5 Å². The molecule has 2 aromatic carbocycles. The van der Waals surface area contributed by atoms with Crippen LogP contribution < -0.4 is 20.1 Å². The minimum absolute atomic E-state index is 0.103. The van der Waals surface area contributed by atoms with E-state index in [2.05, 4.69) is 27.3 Å². The Balaban J connectivity index is 1.65. The number of ether oxygens (including phenoxy) is 1. The van der Waals surface area contributed by atoms with Crippen LogP contribution >= 0.6 is 11.9 Å². The third kappa shape index (κ3) is 5.59. The SMILES string of the molecule is CCOc1ccccc1SNc1cc(C(=O)NC2CCN(C)CC2)c(NC)c(C2(C=O)CCC2)c1. The van der Waals surface area contributed by atoms with Crippen molar-refractivity contribution in [2.45, 2.75) is 55.4 Å². The molecule has 2 aliphatic rings. The van der Waals surface area contributed by atoms with Gasteiger partial charge in [0, 0.05) is 18.8 Å². The molecule has 1 saturated carbocycles. The second kappa shape index (κ2) is 11.4. The Hall–Kier alpha value is -2.71. The van der Waals surface area contributed by atoms with E-state index in [9.17, 15) is 9.59 Å². The summed E-state index contributed by atoms with van der Waals surface area (Å²) in [4.78, 5) is 29.0. The number of para-hydroxylation sites is 1. The highest BCUT2D eigenvalue weighted by atomic mass is 32.2. The fourth-order valence-corrected chi connectivity index (χ4v) is 5.61. The summed E-state index contributed by atoms with van der Waals surface area (Å²) in [5.41, 5.74) is 2.44. The number of carbonyl (C=O) groups is 2. The summed E-state index contributed by atoms with van der Waals surface area (Å²) in [7, 11) is 3.93. The van der Waals surface area contributed by atoms with Gasteiger partial charge in [0.15, 0.2) is 0 Å². The van der Waals surface area contributed by atoms with Crippen molar-refractivity contribution in [3.63, 3.8) is 0 Å². The smallest absolute Gasteiger partial charge is 0.253 e. The lowest BCUT2D eigenvalue weighted by atomic mass is 9.64. The molecule has 3 N–H and O–H groups in total. The molecule has 188 valence electrons. The highest BCUT2D eigenvalue weighted by molar-refractivity contribution is 8.00. The van der Waals surface area contributed by atoms with Gasteiger partial charge in [-0.3, -0.25) is 4.79 Å². The van der Waals surface area contributed by atoms with Crippen LogP contribution in [0.1, 0.15) is 54.9 Å². The lowest BCUT2D eigenvalue weighted by molar-refractivity contribution is -0.115. The largest absolute Gasteiger partial charge is 0.493 e. The Morgan fingerprint density at radius 2 is 1.97 bits per heavy atom. The maximum Gasteiger partial charge on any atom is 0.253 e. The number of likely N-dealkylation sites (tertiary alicyclic amines) is 1. The average molecular weight is 497 g/mol. The second-order valence-electron chi connectivity index (χ2n) is 9.46. The van der Waals surface area contributed by atoms with Gasteiger partial charge in [-0.15, -0.1) is 0 Å². The van der Waals surface area contributed by atoms with E-state index in [1.54, 1.807) is 0 Å². The first-order chi connectivity index (χ1) is 17.0. The molecular weight excluding hydrogens is 460 g/mol. The summed E-state index contributed by atoms with van der Waals surface area (Å²) >= 11 is 1.44. The molecule has 4 rings (SSSR count). The molecule has 1 aliphatic carbocycles. The molecule has 0 radical (unpaired) electrons. The first-order valence-corrected chi connectivity index (χ1v) is 13.3. The molecule has 0 atom stereocenters. The third-order valence-electron chi connectivity index (χ3n) is 7.12. The fourth-order valence-electron chi connectivity index (χ4n) is 4.89. The van der Waals surface area contributed by atoms with E-state index in [4.69, 9.17) is 4.74 Å². The van der Waals surface area contributed by atoms with E-state index in [0.29, 0.717) is 12.2 Å². The van der Waals surface area contributed by atoms with Crippen LogP contribution in [-0.2, 0) is 10.2 Å². The summed E-state index contributed by atoms with van der Waals surface area (Å²) in [6, 6.07) is 11.9. The van der Waals surface area contributed by atoms with Crippen LogP contribution in [0, 0.1) is 0 Å². The molecule has 0 spiro atoms. The van der Waals surface area contributed by atoms with Gasteiger partial charge in [-0.2, -0.15) is 0 Å². The molecule has 0 aromatic heterocycles. The predicted octanol–water partition coefficient (Wildman–Crippen LogP) is 4.69. The van der Waals surface area contributed by atoms with Gasteiger partial charge in [-0.1, -0.05) is 18.6 Å². The Kier molecular flexibility index (Phi) is 8.23. The number of hydrogen-bond donors (Lipinski definition) is 3. The summed E-state index contributed by atoms with van der Waals surface area (Å²) in [5, 5.41) is 6.48. The molecule has 1 aliphatic heterocycles. The summed E-state index contributed by atoms with van der Waals surface area (Å²) in [6.07, 6.45) is 5.53. The normalized spacial score (nSPS) is 17.8. The van der Waals surface area contributed by atoms with Crippen molar-refractivity contribution in [2.24, 2.45) is 0 Å². The second-order valence-corrected chi connectivity index (χ2v) is 10.3. The van der Waals surface area contributed by atoms with Crippen molar-refractivity contribution >= 4 is 35.5 Å². The van der Waals surface area contributed by atoms with Crippen LogP contribution in [0.3, 0.4) is 0 Å². The molecule has 1 heterocycles. The van der Waals surface area contributed by atoms with Crippen LogP contribution in [0.25, 0.3) is 0 Å². The van der Waals surface area contributed by atoms with Gasteiger partial charge in [0.1, 0.15) is 12.0 Å². The van der Waals surface area contributed by atoms with Gasteiger partial charge >= 0.3 is 0 Å². The van der Waals surface area contributed by atoms with Crippen molar-refractivity contribution in [1.29, 1.82) is 0 Å². The molecule has 1 amide bonds. The fraction of sp³-hybridized carbons (Fsp3) is 0.481. The zero-order valence-electron chi connectivity index (χ0n) is 20.9. The Morgan fingerprint density at radius 1 is 1.23 bits per heavy atom. The highest BCUT2D eigenvalue weighted by Crippen LogP contribution is 2.47. The van der Waals surface area contributed by atoms with Crippen LogP contribution in [0.5, 0.6) is 5.75 Å². The lowest BCUT2D eigenvalue weighted by Crippen LogP contribution is -2.43. The van der Waals surface area contributed by atoms with Crippen LogP contribution in [0.15, 0.2) is 41.3 Å². The number of anilines is 2. The van der Waals surface area contributed by atoms with Crippen molar-refractivity contribution in [1.82, 2.24) is 10.2 Å². The molecule has 35 heavy (non-hydrogen) atoms. The monoisotopic (exact) mass is 496 g/mol. The number of aldehydes is 1. The molecule has 0 unspecified atom stereocenters. The number of nitrogens with one attached hydrogen (secondary N) is 3. The number of piperidine rings is 1. The molecule has 0 bridgehead atoms. The molecular formula is C27H36N4O3S. The molecule has 2 aromatic rings. The first-order valence-electron chi connectivity index (χ1n) is 12.5. The maximum absolute atomic E-state index is 13.5. The minimum atomic E-state index is -0.549. The van der Waals surface area contributed by atoms with Crippen molar-refractivity contribution < 1.29 is 14.3 Å². The van der Waals surface area contributed by atoms with Gasteiger partial charge in [0.25, 0.3) is 5.91 Å². The number of carbonyl (C=O) groups excluding carboxylic acids is 2. The van der Waals surface area contributed by atoms with E-state index in [0.717, 1.165) is 79.1 Å². The number of hydrogen-bond acceptors (Lipinski definition) is 7. The van der Waals surface area contributed by atoms with E-state index < -0.39 is 5.41 Å².